The van der Waals surface area contributed by atoms with Crippen molar-refractivity contribution >= 4 is 21.8 Å². The van der Waals surface area contributed by atoms with Gasteiger partial charge in [0.05, 0.1) is 16.9 Å². The van der Waals surface area contributed by atoms with Crippen molar-refractivity contribution in [1.82, 2.24) is 9.29 Å². The zero-order valence-corrected chi connectivity index (χ0v) is 18.6. The number of carboxylic acid groups (broad SMARTS) is 1. The third-order valence-corrected chi connectivity index (χ3v) is 7.60. The first-order chi connectivity index (χ1) is 14.8. The third-order valence-electron chi connectivity index (χ3n) is 5.47. The number of aliphatic carboxylic acids is 1. The van der Waals surface area contributed by atoms with Crippen LogP contribution in [0.4, 0.5) is 19.0 Å². The number of anilines is 1. The number of benzene rings is 1. The number of piperazine rings is 1. The molecule has 1 N–H and O–H groups in total. The minimum absolute atomic E-state index is 0.0131. The van der Waals surface area contributed by atoms with E-state index >= 15 is 0 Å². The lowest BCUT2D eigenvalue weighted by Gasteiger charge is -2.43. The molecule has 0 bridgehead atoms. The van der Waals surface area contributed by atoms with Crippen LogP contribution in [0.1, 0.15) is 30.5 Å². The van der Waals surface area contributed by atoms with E-state index in [1.54, 1.807) is 31.7 Å². The van der Waals surface area contributed by atoms with Gasteiger partial charge >= 0.3 is 12.1 Å². The van der Waals surface area contributed by atoms with Crippen molar-refractivity contribution in [2.75, 3.05) is 18.0 Å². The molecule has 32 heavy (non-hydrogen) atoms. The summed E-state index contributed by atoms with van der Waals surface area (Å²) in [6.45, 7) is 5.65. The number of aryl methyl sites for hydroxylation is 1. The van der Waals surface area contributed by atoms with E-state index in [2.05, 4.69) is 4.98 Å². The average molecular weight is 472 g/mol. The molecule has 0 radical (unpaired) electrons. The lowest BCUT2D eigenvalue weighted by Crippen LogP contribution is -2.58. The van der Waals surface area contributed by atoms with E-state index in [0.717, 1.165) is 12.3 Å². The molecule has 1 aromatic carbocycles. The minimum atomic E-state index is -4.48. The molecule has 11 heteroatoms. The Morgan fingerprint density at radius 1 is 1.16 bits per heavy atom. The number of pyridine rings is 1. The van der Waals surface area contributed by atoms with Crippen LogP contribution in [-0.2, 0) is 27.4 Å². The van der Waals surface area contributed by atoms with E-state index < -0.39 is 39.8 Å². The predicted molar refractivity (Wildman–Crippen MR) is 112 cm³/mol. The number of carbonyl (C=O) groups is 1. The summed E-state index contributed by atoms with van der Waals surface area (Å²) in [6.07, 6.45) is -4.00. The topological polar surface area (TPSA) is 90.8 Å². The average Bonchev–Trinajstić information content (AvgIpc) is 2.68. The standard InChI is InChI=1S/C21H24F3N3O4S/c1-13-4-6-18(8-16(13)9-20(28)29)32(30,31)27-14(2)11-26(12-15(27)3)19-7-5-17(10-25-19)21(22,23)24/h4-8,10,14-15H,9,11-12H2,1-3H3,(H,28,29)/t14-,15-/m1/s1. The summed E-state index contributed by atoms with van der Waals surface area (Å²) in [4.78, 5) is 16.8. The Kier molecular flexibility index (Phi) is 6.52. The first kappa shape index (κ1) is 24.0. The summed E-state index contributed by atoms with van der Waals surface area (Å²) in [7, 11) is -3.92. The van der Waals surface area contributed by atoms with Gasteiger partial charge in [-0.1, -0.05) is 6.07 Å². The largest absolute Gasteiger partial charge is 0.481 e. The number of nitrogens with zero attached hydrogens (tertiary/aromatic N) is 3. The van der Waals surface area contributed by atoms with Crippen molar-refractivity contribution in [3.63, 3.8) is 0 Å². The molecule has 2 aromatic rings. The molecule has 0 aliphatic carbocycles. The van der Waals surface area contributed by atoms with Gasteiger partial charge in [-0.2, -0.15) is 17.5 Å². The summed E-state index contributed by atoms with van der Waals surface area (Å²) in [6, 6.07) is 5.69. The molecule has 0 saturated carbocycles. The lowest BCUT2D eigenvalue weighted by molar-refractivity contribution is -0.138. The quantitative estimate of drug-likeness (QED) is 0.720. The molecule has 1 fully saturated rings. The second-order valence-corrected chi connectivity index (χ2v) is 9.84. The maximum atomic E-state index is 13.4. The second kappa shape index (κ2) is 8.70. The van der Waals surface area contributed by atoms with Gasteiger partial charge in [-0.05, 0) is 56.2 Å². The molecule has 1 aliphatic rings. The Bertz CT molecular complexity index is 1090. The SMILES string of the molecule is Cc1ccc(S(=O)(=O)N2[C@H](C)CN(c3ccc(C(F)(F)F)cn3)C[C@H]2C)cc1CC(=O)O. The number of aromatic nitrogens is 1. The second-order valence-electron chi connectivity index (χ2n) is 8.00. The number of rotatable bonds is 5. The Hall–Kier alpha value is -2.66. The van der Waals surface area contributed by atoms with Gasteiger partial charge in [0.2, 0.25) is 10.0 Å². The molecule has 2 atom stereocenters. The van der Waals surface area contributed by atoms with Gasteiger partial charge in [-0.25, -0.2) is 13.4 Å². The number of alkyl halides is 3. The Morgan fingerprint density at radius 3 is 2.28 bits per heavy atom. The van der Waals surface area contributed by atoms with E-state index in [1.807, 2.05) is 0 Å². The van der Waals surface area contributed by atoms with Crippen molar-refractivity contribution in [2.45, 2.75) is 50.3 Å². The Morgan fingerprint density at radius 2 is 1.78 bits per heavy atom. The maximum absolute atomic E-state index is 13.4. The number of halogens is 3. The van der Waals surface area contributed by atoms with Gasteiger partial charge in [0.1, 0.15) is 5.82 Å². The molecule has 1 aliphatic heterocycles. The molecule has 174 valence electrons. The number of hydrogen-bond acceptors (Lipinski definition) is 5. The summed E-state index contributed by atoms with van der Waals surface area (Å²) in [5.74, 6) is -0.713. The lowest BCUT2D eigenvalue weighted by atomic mass is 10.1. The molecular formula is C21H24F3N3O4S. The molecule has 2 heterocycles. The van der Waals surface area contributed by atoms with Crippen molar-refractivity contribution in [3.05, 3.63) is 53.2 Å². The van der Waals surface area contributed by atoms with Crippen LogP contribution in [0.2, 0.25) is 0 Å². The number of hydrogen-bond donors (Lipinski definition) is 1. The van der Waals surface area contributed by atoms with Crippen LogP contribution in [0.25, 0.3) is 0 Å². The van der Waals surface area contributed by atoms with Crippen LogP contribution in [-0.4, -0.2) is 54.0 Å². The van der Waals surface area contributed by atoms with E-state index in [-0.39, 0.29) is 24.4 Å². The van der Waals surface area contributed by atoms with Crippen molar-refractivity contribution in [1.29, 1.82) is 0 Å². The first-order valence-electron chi connectivity index (χ1n) is 9.93. The third kappa shape index (κ3) is 4.88. The summed E-state index contributed by atoms with van der Waals surface area (Å²) in [5.41, 5.74) is 0.261. The highest BCUT2D eigenvalue weighted by molar-refractivity contribution is 7.89. The Labute approximate surface area is 184 Å². The monoisotopic (exact) mass is 471 g/mol. The maximum Gasteiger partial charge on any atom is 0.417 e. The molecule has 3 rings (SSSR count). The molecular weight excluding hydrogens is 447 g/mol. The van der Waals surface area contributed by atoms with Crippen LogP contribution >= 0.6 is 0 Å². The molecule has 7 nitrogen and oxygen atoms in total. The van der Waals surface area contributed by atoms with E-state index in [9.17, 15) is 26.4 Å². The summed E-state index contributed by atoms with van der Waals surface area (Å²) < 4.78 is 66.5. The fourth-order valence-electron chi connectivity index (χ4n) is 3.99. The van der Waals surface area contributed by atoms with Gasteiger partial charge in [-0.3, -0.25) is 4.79 Å². The number of carboxylic acids is 1. The van der Waals surface area contributed by atoms with Gasteiger partial charge in [0.25, 0.3) is 0 Å². The van der Waals surface area contributed by atoms with Crippen molar-refractivity contribution in [3.8, 4) is 0 Å². The predicted octanol–water partition coefficient (Wildman–Crippen LogP) is 3.32. The van der Waals surface area contributed by atoms with Gasteiger partial charge in [0.15, 0.2) is 0 Å². The smallest absolute Gasteiger partial charge is 0.417 e. The minimum Gasteiger partial charge on any atom is -0.481 e. The van der Waals surface area contributed by atoms with Crippen molar-refractivity contribution < 1.29 is 31.5 Å². The van der Waals surface area contributed by atoms with Crippen LogP contribution in [0.15, 0.2) is 41.4 Å². The van der Waals surface area contributed by atoms with Crippen LogP contribution in [0, 0.1) is 6.92 Å². The van der Waals surface area contributed by atoms with Crippen LogP contribution in [0.5, 0.6) is 0 Å². The normalized spacial score (nSPS) is 20.4. The van der Waals surface area contributed by atoms with Crippen molar-refractivity contribution in [2.24, 2.45) is 0 Å². The van der Waals surface area contributed by atoms with E-state index in [4.69, 9.17) is 5.11 Å². The van der Waals surface area contributed by atoms with E-state index in [0.29, 0.717) is 16.9 Å². The van der Waals surface area contributed by atoms with Crippen LogP contribution < -0.4 is 4.90 Å². The Balaban J connectivity index is 1.84. The molecule has 0 spiro atoms. The van der Waals surface area contributed by atoms with Gasteiger partial charge in [0, 0.05) is 31.4 Å². The zero-order valence-electron chi connectivity index (χ0n) is 17.8. The highest BCUT2D eigenvalue weighted by atomic mass is 32.2. The summed E-state index contributed by atoms with van der Waals surface area (Å²) in [5, 5.41) is 9.08. The molecule has 1 aromatic heterocycles. The number of sulfonamides is 1. The van der Waals surface area contributed by atoms with E-state index in [1.165, 1.54) is 22.5 Å². The molecule has 0 amide bonds. The fourth-order valence-corrected chi connectivity index (χ4v) is 5.85. The summed E-state index contributed by atoms with van der Waals surface area (Å²) >= 11 is 0. The highest BCUT2D eigenvalue weighted by Gasteiger charge is 2.39. The fraction of sp³-hybridized carbons (Fsp3) is 0.429. The highest BCUT2D eigenvalue weighted by Crippen LogP contribution is 2.31. The van der Waals surface area contributed by atoms with Crippen LogP contribution in [0.3, 0.4) is 0 Å². The molecule has 0 unspecified atom stereocenters. The van der Waals surface area contributed by atoms with Gasteiger partial charge in [-0.15, -0.1) is 0 Å². The first-order valence-corrected chi connectivity index (χ1v) is 11.4. The van der Waals surface area contributed by atoms with Gasteiger partial charge < -0.3 is 10.0 Å². The molecule has 1 saturated heterocycles. The zero-order chi connectivity index (χ0) is 23.8.